The minimum atomic E-state index is -0.435. The summed E-state index contributed by atoms with van der Waals surface area (Å²) in [5.74, 6) is -0.435. The number of thiophene rings is 1. The lowest BCUT2D eigenvalue weighted by molar-refractivity contribution is -0.139. The van der Waals surface area contributed by atoms with Gasteiger partial charge in [0.1, 0.15) is 0 Å². The number of nitrogens with zero attached hydrogens (tertiary/aromatic N) is 3. The number of methoxy groups -OCH3 is 1. The third kappa shape index (κ3) is 3.92. The van der Waals surface area contributed by atoms with Gasteiger partial charge in [-0.05, 0) is 30.5 Å². The number of hydrogen-bond donors (Lipinski definition) is 1. The van der Waals surface area contributed by atoms with Crippen LogP contribution in [0.1, 0.15) is 23.1 Å². The maximum absolute atomic E-state index is 13.2. The molecule has 1 aromatic carbocycles. The number of fused-ring (bicyclic) bond motifs is 1. The van der Waals surface area contributed by atoms with Crippen molar-refractivity contribution in [2.45, 2.75) is 19.9 Å². The van der Waals surface area contributed by atoms with Crippen LogP contribution in [-0.2, 0) is 22.5 Å². The van der Waals surface area contributed by atoms with E-state index in [4.69, 9.17) is 4.74 Å². The molecule has 0 aliphatic carbocycles. The quantitative estimate of drug-likeness (QED) is 0.377. The van der Waals surface area contributed by atoms with Crippen LogP contribution in [0.2, 0.25) is 0 Å². The molecule has 0 atom stereocenters. The molecule has 1 N–H and O–H groups in total. The number of carbonyl (C=O) groups is 1. The fraction of sp³-hybridized carbons (Fsp3) is 0.200. The van der Waals surface area contributed by atoms with Gasteiger partial charge in [0, 0.05) is 10.6 Å². The minimum Gasteiger partial charge on any atom is -0.469 e. The van der Waals surface area contributed by atoms with E-state index in [0.717, 1.165) is 15.1 Å². The highest BCUT2D eigenvalue weighted by atomic mass is 32.1. The lowest BCUT2D eigenvalue weighted by Gasteiger charge is -2.01. The molecule has 9 heteroatoms. The first kappa shape index (κ1) is 19.3. The highest BCUT2D eigenvalue weighted by Crippen LogP contribution is 2.24. The number of para-hydroxylation sites is 1. The molecule has 0 unspecified atom stereocenters. The number of aliphatic imine (C=N–C) groups is 1. The van der Waals surface area contributed by atoms with Gasteiger partial charge in [-0.15, -0.1) is 11.3 Å². The van der Waals surface area contributed by atoms with Gasteiger partial charge in [0.15, 0.2) is 0 Å². The molecule has 4 rings (SSSR count). The number of aromatic amines is 1. The molecule has 0 spiro atoms. The summed E-state index contributed by atoms with van der Waals surface area (Å²) in [6.45, 7) is 2.26. The average Bonchev–Trinajstić information content (AvgIpc) is 3.44. The van der Waals surface area contributed by atoms with Crippen molar-refractivity contribution in [1.82, 2.24) is 14.8 Å². The van der Waals surface area contributed by atoms with Crippen molar-refractivity contribution >= 4 is 44.6 Å². The number of rotatable bonds is 6. The molecule has 0 bridgehead atoms. The molecule has 0 amide bonds. The molecule has 0 radical (unpaired) electrons. The summed E-state index contributed by atoms with van der Waals surface area (Å²) in [4.78, 5) is 35.3. The molecule has 0 saturated carbocycles. The second-order valence-electron chi connectivity index (χ2n) is 6.30. The standard InChI is InChI=1S/C20H18N4O3S2/c1-12(21-11-13-6-5-9-28-13)18-15(10-17(25)27-2)23-24(19(18)26)20-22-14-7-3-4-8-16(14)29-20/h3-9,23H,10-11H2,1-2H3. The van der Waals surface area contributed by atoms with Crippen molar-refractivity contribution in [2.24, 2.45) is 4.99 Å². The average molecular weight is 427 g/mol. The Balaban J connectivity index is 1.79. The molecule has 0 aliphatic heterocycles. The van der Waals surface area contributed by atoms with Crippen LogP contribution in [0.5, 0.6) is 0 Å². The molecular formula is C20H18N4O3S2. The Morgan fingerprint density at radius 1 is 1.28 bits per heavy atom. The number of esters is 1. The van der Waals surface area contributed by atoms with E-state index in [1.165, 1.54) is 23.1 Å². The van der Waals surface area contributed by atoms with Gasteiger partial charge in [-0.25, -0.2) is 4.98 Å². The molecule has 0 aliphatic rings. The first-order valence-electron chi connectivity index (χ1n) is 8.87. The SMILES string of the molecule is COC(=O)Cc1[nH]n(-c2nc3ccccc3s2)c(=O)c1C(C)=NCc1cccs1. The highest BCUT2D eigenvalue weighted by Gasteiger charge is 2.21. The van der Waals surface area contributed by atoms with Crippen LogP contribution in [0.3, 0.4) is 0 Å². The van der Waals surface area contributed by atoms with Gasteiger partial charge in [-0.3, -0.25) is 19.7 Å². The Labute approximate surface area is 174 Å². The smallest absolute Gasteiger partial charge is 0.311 e. The minimum absolute atomic E-state index is 0.0508. The van der Waals surface area contributed by atoms with Crippen LogP contribution in [0.15, 0.2) is 51.6 Å². The first-order valence-corrected chi connectivity index (χ1v) is 10.6. The lowest BCUT2D eigenvalue weighted by atomic mass is 10.1. The van der Waals surface area contributed by atoms with Crippen LogP contribution in [0, 0.1) is 0 Å². The van der Waals surface area contributed by atoms with E-state index in [1.807, 2.05) is 41.8 Å². The van der Waals surface area contributed by atoms with Crippen LogP contribution < -0.4 is 5.56 Å². The van der Waals surface area contributed by atoms with Crippen LogP contribution in [0.4, 0.5) is 0 Å². The van der Waals surface area contributed by atoms with E-state index in [-0.39, 0.29) is 12.0 Å². The third-order valence-corrected chi connectivity index (χ3v) is 6.28. The number of benzene rings is 1. The van der Waals surface area contributed by atoms with Gasteiger partial charge in [0.25, 0.3) is 5.56 Å². The third-order valence-electron chi connectivity index (χ3n) is 4.40. The summed E-state index contributed by atoms with van der Waals surface area (Å²) in [6.07, 6.45) is -0.0508. The molecule has 29 heavy (non-hydrogen) atoms. The van der Waals surface area contributed by atoms with Crippen molar-refractivity contribution in [3.05, 3.63) is 68.3 Å². The van der Waals surface area contributed by atoms with Gasteiger partial charge in [0.05, 0.1) is 41.5 Å². The van der Waals surface area contributed by atoms with Crippen LogP contribution in [0.25, 0.3) is 15.3 Å². The summed E-state index contributed by atoms with van der Waals surface area (Å²) in [5, 5.41) is 5.54. The molecule has 3 heterocycles. The monoisotopic (exact) mass is 426 g/mol. The van der Waals surface area contributed by atoms with Crippen LogP contribution in [-0.4, -0.2) is 33.6 Å². The van der Waals surface area contributed by atoms with Crippen molar-refractivity contribution < 1.29 is 9.53 Å². The van der Waals surface area contributed by atoms with Gasteiger partial charge >= 0.3 is 5.97 Å². The van der Waals surface area contributed by atoms with E-state index >= 15 is 0 Å². The predicted octanol–water partition coefficient (Wildman–Crippen LogP) is 3.56. The van der Waals surface area contributed by atoms with Crippen molar-refractivity contribution in [3.63, 3.8) is 0 Å². The van der Waals surface area contributed by atoms with Crippen molar-refractivity contribution in [3.8, 4) is 5.13 Å². The lowest BCUT2D eigenvalue weighted by Crippen LogP contribution is -2.20. The second-order valence-corrected chi connectivity index (χ2v) is 8.35. The molecule has 148 valence electrons. The first-order chi connectivity index (χ1) is 14.1. The Kier molecular flexibility index (Phi) is 5.41. The zero-order chi connectivity index (χ0) is 20.4. The summed E-state index contributed by atoms with van der Waals surface area (Å²) in [6, 6.07) is 11.6. The number of hydrogen-bond acceptors (Lipinski definition) is 7. The zero-order valence-electron chi connectivity index (χ0n) is 15.8. The summed E-state index contributed by atoms with van der Waals surface area (Å²) in [5.41, 5.74) is 1.95. The number of thiazole rings is 1. The van der Waals surface area contributed by atoms with Crippen molar-refractivity contribution in [1.29, 1.82) is 0 Å². The molecule has 7 nitrogen and oxygen atoms in total. The van der Waals surface area contributed by atoms with E-state index in [1.54, 1.807) is 18.3 Å². The summed E-state index contributed by atoms with van der Waals surface area (Å²) >= 11 is 3.01. The Hall–Kier alpha value is -3.04. The van der Waals surface area contributed by atoms with E-state index in [0.29, 0.717) is 28.6 Å². The largest absolute Gasteiger partial charge is 0.469 e. The Morgan fingerprint density at radius 2 is 2.10 bits per heavy atom. The van der Waals surface area contributed by atoms with E-state index in [2.05, 4.69) is 15.1 Å². The molecule has 0 fully saturated rings. The zero-order valence-corrected chi connectivity index (χ0v) is 17.5. The Bertz CT molecular complexity index is 1220. The Morgan fingerprint density at radius 3 is 2.83 bits per heavy atom. The molecule has 4 aromatic rings. The van der Waals surface area contributed by atoms with Gasteiger partial charge in [0.2, 0.25) is 5.13 Å². The maximum Gasteiger partial charge on any atom is 0.311 e. The topological polar surface area (TPSA) is 89.3 Å². The van der Waals surface area contributed by atoms with Gasteiger partial charge in [-0.1, -0.05) is 29.5 Å². The normalized spacial score (nSPS) is 11.9. The molecule has 0 saturated heterocycles. The van der Waals surface area contributed by atoms with E-state index < -0.39 is 5.97 Å². The summed E-state index contributed by atoms with van der Waals surface area (Å²) < 4.78 is 7.14. The molecular weight excluding hydrogens is 408 g/mol. The number of aromatic nitrogens is 3. The number of H-pyrrole nitrogens is 1. The fourth-order valence-corrected chi connectivity index (χ4v) is 4.52. The number of ether oxygens (including phenoxy) is 1. The predicted molar refractivity (Wildman–Crippen MR) is 116 cm³/mol. The summed E-state index contributed by atoms with van der Waals surface area (Å²) in [7, 11) is 1.32. The second kappa shape index (κ2) is 8.14. The van der Waals surface area contributed by atoms with Crippen LogP contribution >= 0.6 is 22.7 Å². The van der Waals surface area contributed by atoms with Crippen molar-refractivity contribution in [2.75, 3.05) is 7.11 Å². The van der Waals surface area contributed by atoms with Gasteiger partial charge < -0.3 is 4.74 Å². The number of nitrogens with one attached hydrogen (secondary N) is 1. The fourth-order valence-electron chi connectivity index (χ4n) is 2.97. The van der Waals surface area contributed by atoms with E-state index in [9.17, 15) is 9.59 Å². The van der Waals surface area contributed by atoms with Gasteiger partial charge in [-0.2, -0.15) is 4.68 Å². The number of carbonyl (C=O) groups excluding carboxylic acids is 1. The maximum atomic E-state index is 13.2. The highest BCUT2D eigenvalue weighted by molar-refractivity contribution is 7.20. The molecule has 3 aromatic heterocycles.